The van der Waals surface area contributed by atoms with Crippen molar-refractivity contribution < 1.29 is 14.3 Å². The van der Waals surface area contributed by atoms with Gasteiger partial charge in [0.1, 0.15) is 6.61 Å². The first-order chi connectivity index (χ1) is 9.66. The lowest BCUT2D eigenvalue weighted by molar-refractivity contribution is -0.143. The Balaban J connectivity index is 3.27. The quantitative estimate of drug-likeness (QED) is 0.319. The van der Waals surface area contributed by atoms with E-state index in [9.17, 15) is 9.59 Å². The molecule has 0 fully saturated rings. The predicted octanol–water partition coefficient (Wildman–Crippen LogP) is 3.49. The molecule has 0 aromatic heterocycles. The van der Waals surface area contributed by atoms with Crippen molar-refractivity contribution in [3.63, 3.8) is 0 Å². The summed E-state index contributed by atoms with van der Waals surface area (Å²) < 4.78 is 4.93. The lowest BCUT2D eigenvalue weighted by atomic mass is 10.1. The Kier molecular flexibility index (Phi) is 13.2. The summed E-state index contributed by atoms with van der Waals surface area (Å²) in [5, 5.41) is 0. The molecule has 4 heteroatoms. The Morgan fingerprint density at radius 2 is 1.60 bits per heavy atom. The predicted molar refractivity (Wildman–Crippen MR) is 81.1 cm³/mol. The van der Waals surface area contributed by atoms with Gasteiger partial charge in [0, 0.05) is 6.42 Å². The Morgan fingerprint density at radius 1 is 0.950 bits per heavy atom. The molecule has 0 aliphatic rings. The second-order valence-corrected chi connectivity index (χ2v) is 5.03. The van der Waals surface area contributed by atoms with E-state index >= 15 is 0 Å². The van der Waals surface area contributed by atoms with Crippen LogP contribution in [0.4, 0.5) is 0 Å². The van der Waals surface area contributed by atoms with Crippen LogP contribution >= 0.6 is 0 Å². The van der Waals surface area contributed by atoms with E-state index in [-0.39, 0.29) is 25.4 Å². The minimum absolute atomic E-state index is 0.0561. The topological polar surface area (TPSA) is 69.4 Å². The van der Waals surface area contributed by atoms with Gasteiger partial charge in [0.25, 0.3) is 0 Å². The van der Waals surface area contributed by atoms with Crippen LogP contribution in [0.1, 0.15) is 71.1 Å². The molecule has 0 unspecified atom stereocenters. The minimum atomic E-state index is -0.476. The molecule has 0 saturated carbocycles. The van der Waals surface area contributed by atoms with E-state index in [1.54, 1.807) is 0 Å². The van der Waals surface area contributed by atoms with Gasteiger partial charge in [-0.2, -0.15) is 0 Å². The zero-order valence-corrected chi connectivity index (χ0v) is 12.7. The van der Waals surface area contributed by atoms with Crippen molar-refractivity contribution in [1.29, 1.82) is 0 Å². The van der Waals surface area contributed by atoms with E-state index in [2.05, 4.69) is 6.92 Å². The number of hydrogen-bond donors (Lipinski definition) is 1. The van der Waals surface area contributed by atoms with E-state index in [4.69, 9.17) is 10.5 Å². The van der Waals surface area contributed by atoms with Gasteiger partial charge in [0.2, 0.25) is 5.91 Å². The minimum Gasteiger partial charge on any atom is -0.461 e. The van der Waals surface area contributed by atoms with Gasteiger partial charge in [0.15, 0.2) is 0 Å². The highest BCUT2D eigenvalue weighted by molar-refractivity contribution is 5.79. The van der Waals surface area contributed by atoms with Crippen molar-refractivity contribution in [2.75, 3.05) is 6.61 Å². The Morgan fingerprint density at radius 3 is 2.25 bits per heavy atom. The lowest BCUT2D eigenvalue weighted by Crippen LogP contribution is -2.14. The molecule has 20 heavy (non-hydrogen) atoms. The standard InChI is InChI=1S/C16H29NO3/c1-2-3-4-5-6-7-8-9-10-11-14-20-16(19)13-12-15(17)18/h10-11H,2-9,12-14H2,1H3,(H2,17,18). The number of allylic oxidation sites excluding steroid dienone is 1. The van der Waals surface area contributed by atoms with E-state index in [0.717, 1.165) is 6.42 Å². The summed E-state index contributed by atoms with van der Waals surface area (Å²) >= 11 is 0. The van der Waals surface area contributed by atoms with Crippen LogP contribution in [0.25, 0.3) is 0 Å². The molecule has 0 aromatic carbocycles. The highest BCUT2D eigenvalue weighted by atomic mass is 16.5. The first-order valence-corrected chi connectivity index (χ1v) is 7.75. The largest absolute Gasteiger partial charge is 0.461 e. The molecule has 0 radical (unpaired) electrons. The third kappa shape index (κ3) is 14.7. The molecule has 4 nitrogen and oxygen atoms in total. The number of unbranched alkanes of at least 4 members (excludes halogenated alkanes) is 7. The van der Waals surface area contributed by atoms with E-state index < -0.39 is 5.91 Å². The van der Waals surface area contributed by atoms with Gasteiger partial charge in [-0.3, -0.25) is 9.59 Å². The lowest BCUT2D eigenvalue weighted by Gasteiger charge is -2.00. The highest BCUT2D eigenvalue weighted by Crippen LogP contribution is 2.08. The molecular formula is C16H29NO3. The third-order valence-corrected chi connectivity index (χ3v) is 3.06. The van der Waals surface area contributed by atoms with Gasteiger partial charge in [-0.15, -0.1) is 0 Å². The van der Waals surface area contributed by atoms with Gasteiger partial charge < -0.3 is 10.5 Å². The second kappa shape index (κ2) is 14.1. The summed E-state index contributed by atoms with van der Waals surface area (Å²) in [6.07, 6.45) is 14.2. The number of nitrogens with two attached hydrogens (primary N) is 1. The average Bonchev–Trinajstić information content (AvgIpc) is 2.42. The normalized spacial score (nSPS) is 10.8. The second-order valence-electron chi connectivity index (χ2n) is 5.03. The molecule has 0 heterocycles. The molecule has 0 atom stereocenters. The van der Waals surface area contributed by atoms with E-state index in [1.165, 1.54) is 44.9 Å². The third-order valence-electron chi connectivity index (χ3n) is 3.06. The Hall–Kier alpha value is -1.32. The molecule has 0 aromatic rings. The summed E-state index contributed by atoms with van der Waals surface area (Å²) in [6.45, 7) is 2.51. The van der Waals surface area contributed by atoms with Crippen LogP contribution < -0.4 is 5.73 Å². The molecule has 0 rings (SSSR count). The molecule has 0 bridgehead atoms. The van der Waals surface area contributed by atoms with Gasteiger partial charge in [-0.1, -0.05) is 57.6 Å². The maximum Gasteiger partial charge on any atom is 0.306 e. The molecule has 0 aliphatic heterocycles. The SMILES string of the molecule is CCCCCCCCCC=CCOC(=O)CCC(N)=O. The summed E-state index contributed by atoms with van der Waals surface area (Å²) in [7, 11) is 0. The molecule has 0 spiro atoms. The van der Waals surface area contributed by atoms with Crippen LogP contribution in [0.5, 0.6) is 0 Å². The fourth-order valence-electron chi connectivity index (χ4n) is 1.84. The number of primary amides is 1. The number of amides is 1. The first kappa shape index (κ1) is 18.7. The summed E-state index contributed by atoms with van der Waals surface area (Å²) in [5.41, 5.74) is 4.94. The van der Waals surface area contributed by atoms with E-state index in [1.807, 2.05) is 12.2 Å². The van der Waals surface area contributed by atoms with Gasteiger partial charge >= 0.3 is 5.97 Å². The monoisotopic (exact) mass is 283 g/mol. The molecule has 2 N–H and O–H groups in total. The van der Waals surface area contributed by atoms with E-state index in [0.29, 0.717) is 0 Å². The smallest absolute Gasteiger partial charge is 0.306 e. The van der Waals surface area contributed by atoms with Crippen LogP contribution in [0.2, 0.25) is 0 Å². The van der Waals surface area contributed by atoms with Crippen molar-refractivity contribution in [3.8, 4) is 0 Å². The van der Waals surface area contributed by atoms with Crippen LogP contribution in [-0.4, -0.2) is 18.5 Å². The van der Waals surface area contributed by atoms with Crippen LogP contribution in [-0.2, 0) is 14.3 Å². The Labute approximate surface area is 122 Å². The fraction of sp³-hybridized carbons (Fsp3) is 0.750. The summed E-state index contributed by atoms with van der Waals surface area (Å²) in [4.78, 5) is 21.6. The number of carbonyl (C=O) groups excluding carboxylic acids is 2. The maximum absolute atomic E-state index is 11.1. The molecule has 1 amide bonds. The number of hydrogen-bond acceptors (Lipinski definition) is 3. The number of carbonyl (C=O) groups is 2. The summed E-state index contributed by atoms with van der Waals surface area (Å²) in [6, 6.07) is 0. The summed E-state index contributed by atoms with van der Waals surface area (Å²) in [5.74, 6) is -0.846. The van der Waals surface area contributed by atoms with Crippen LogP contribution in [0.15, 0.2) is 12.2 Å². The van der Waals surface area contributed by atoms with Gasteiger partial charge in [-0.25, -0.2) is 0 Å². The molecule has 116 valence electrons. The fourth-order valence-corrected chi connectivity index (χ4v) is 1.84. The van der Waals surface area contributed by atoms with Crippen molar-refractivity contribution >= 4 is 11.9 Å². The van der Waals surface area contributed by atoms with Crippen molar-refractivity contribution in [2.24, 2.45) is 5.73 Å². The van der Waals surface area contributed by atoms with Crippen molar-refractivity contribution in [3.05, 3.63) is 12.2 Å². The number of ether oxygens (including phenoxy) is 1. The van der Waals surface area contributed by atoms with Crippen molar-refractivity contribution in [2.45, 2.75) is 71.1 Å². The zero-order valence-electron chi connectivity index (χ0n) is 12.7. The van der Waals surface area contributed by atoms with Crippen LogP contribution in [0, 0.1) is 0 Å². The highest BCUT2D eigenvalue weighted by Gasteiger charge is 2.03. The first-order valence-electron chi connectivity index (χ1n) is 7.75. The van der Waals surface area contributed by atoms with Crippen molar-refractivity contribution in [1.82, 2.24) is 0 Å². The van der Waals surface area contributed by atoms with Gasteiger partial charge in [-0.05, 0) is 12.8 Å². The van der Waals surface area contributed by atoms with Crippen LogP contribution in [0.3, 0.4) is 0 Å². The molecular weight excluding hydrogens is 254 g/mol. The maximum atomic E-state index is 11.1. The molecule has 0 saturated heterocycles. The van der Waals surface area contributed by atoms with Gasteiger partial charge in [0.05, 0.1) is 6.42 Å². The Bertz CT molecular complexity index is 287. The number of esters is 1. The molecule has 0 aliphatic carbocycles. The zero-order chi connectivity index (χ0) is 15.1. The number of rotatable bonds is 13. The average molecular weight is 283 g/mol.